The van der Waals surface area contributed by atoms with Crippen LogP contribution in [0.15, 0.2) is 15.9 Å². The zero-order chi connectivity index (χ0) is 23.4. The van der Waals surface area contributed by atoms with Crippen molar-refractivity contribution in [2.45, 2.75) is 64.1 Å². The Morgan fingerprint density at radius 1 is 1.16 bits per heavy atom. The Labute approximate surface area is 183 Å². The van der Waals surface area contributed by atoms with Gasteiger partial charge in [0, 0.05) is 26.7 Å². The van der Waals surface area contributed by atoms with E-state index >= 15 is 0 Å². The molecule has 2 N–H and O–H groups in total. The van der Waals surface area contributed by atoms with Crippen LogP contribution in [0, 0.1) is 0 Å². The summed E-state index contributed by atoms with van der Waals surface area (Å²) in [6, 6.07) is -0.553. The molecule has 2 aromatic heterocycles. The molecule has 1 atom stereocenters. The van der Waals surface area contributed by atoms with E-state index in [-0.39, 0.29) is 30.2 Å². The lowest BCUT2D eigenvalue weighted by atomic mass is 9.96. The monoisotopic (exact) mass is 448 g/mol. The van der Waals surface area contributed by atoms with E-state index < -0.39 is 35.3 Å². The third-order valence-electron chi connectivity index (χ3n) is 5.63. The van der Waals surface area contributed by atoms with Crippen LogP contribution in [0.2, 0.25) is 0 Å². The smallest absolute Gasteiger partial charge is 0.332 e. The summed E-state index contributed by atoms with van der Waals surface area (Å²) in [4.78, 5) is 64.8. The molecule has 12 heteroatoms. The highest BCUT2D eigenvalue weighted by molar-refractivity contribution is 5.97. The molecule has 1 fully saturated rings. The first-order chi connectivity index (χ1) is 15.2. The number of fused-ring (bicyclic) bond motifs is 1. The number of nitrogens with one attached hydrogen (secondary N) is 2. The second-order valence-electron chi connectivity index (χ2n) is 8.00. The number of imidazole rings is 1. The molecule has 0 radical (unpaired) electrons. The standard InChI is InChI=1S/C20H28N6O6/c1-12(17(28)23-19(30)22-13-7-5-4-6-8-13)32-14(27)9-10-26-11-21-16-15(26)18(29)25(3)20(31)24(16)2/h11-13H,4-10H2,1-3H3,(H2,22,23,28,30). The van der Waals surface area contributed by atoms with Crippen LogP contribution < -0.4 is 21.9 Å². The van der Waals surface area contributed by atoms with Crippen molar-refractivity contribution in [2.75, 3.05) is 0 Å². The summed E-state index contributed by atoms with van der Waals surface area (Å²) >= 11 is 0. The Morgan fingerprint density at radius 2 is 1.84 bits per heavy atom. The van der Waals surface area contributed by atoms with Crippen LogP contribution in [-0.4, -0.2) is 48.7 Å². The topological polar surface area (TPSA) is 146 Å². The fraction of sp³-hybridized carbons (Fsp3) is 0.600. The van der Waals surface area contributed by atoms with E-state index in [1.807, 2.05) is 0 Å². The van der Waals surface area contributed by atoms with Crippen LogP contribution in [0.1, 0.15) is 45.4 Å². The van der Waals surface area contributed by atoms with E-state index in [1.165, 1.54) is 36.5 Å². The average molecular weight is 448 g/mol. The highest BCUT2D eigenvalue weighted by Crippen LogP contribution is 2.17. The van der Waals surface area contributed by atoms with Crippen LogP contribution >= 0.6 is 0 Å². The zero-order valence-electron chi connectivity index (χ0n) is 18.4. The van der Waals surface area contributed by atoms with Gasteiger partial charge in [-0.25, -0.2) is 14.6 Å². The number of carbonyl (C=O) groups is 3. The van der Waals surface area contributed by atoms with Gasteiger partial charge < -0.3 is 14.6 Å². The van der Waals surface area contributed by atoms with Crippen molar-refractivity contribution in [3.8, 4) is 0 Å². The van der Waals surface area contributed by atoms with Gasteiger partial charge in [0.25, 0.3) is 11.5 Å². The third-order valence-corrected chi connectivity index (χ3v) is 5.63. The van der Waals surface area contributed by atoms with Gasteiger partial charge >= 0.3 is 17.7 Å². The summed E-state index contributed by atoms with van der Waals surface area (Å²) in [6.07, 6.45) is 5.07. The molecule has 1 unspecified atom stereocenters. The Morgan fingerprint density at radius 3 is 2.53 bits per heavy atom. The molecule has 3 amide bonds. The Kier molecular flexibility index (Phi) is 7.11. The Hall–Kier alpha value is -3.44. The number of hydrogen-bond donors (Lipinski definition) is 2. The summed E-state index contributed by atoms with van der Waals surface area (Å²) in [5.41, 5.74) is -0.624. The minimum absolute atomic E-state index is 0.0478. The molecule has 1 saturated carbocycles. The summed E-state index contributed by atoms with van der Waals surface area (Å²) < 4.78 is 8.77. The zero-order valence-corrected chi connectivity index (χ0v) is 18.4. The molecule has 1 aliphatic carbocycles. The second-order valence-corrected chi connectivity index (χ2v) is 8.00. The molecule has 0 bridgehead atoms. The van der Waals surface area contributed by atoms with Crippen LogP contribution in [0.5, 0.6) is 0 Å². The Bertz CT molecular complexity index is 1140. The van der Waals surface area contributed by atoms with E-state index in [0.29, 0.717) is 0 Å². The van der Waals surface area contributed by atoms with Gasteiger partial charge in [-0.3, -0.25) is 28.8 Å². The van der Waals surface area contributed by atoms with Crippen molar-refractivity contribution in [1.82, 2.24) is 29.3 Å². The quantitative estimate of drug-likeness (QED) is 0.587. The van der Waals surface area contributed by atoms with Crippen molar-refractivity contribution in [3.63, 3.8) is 0 Å². The number of carbonyl (C=O) groups excluding carboxylic acids is 3. The number of urea groups is 1. The van der Waals surface area contributed by atoms with Crippen molar-refractivity contribution in [3.05, 3.63) is 27.2 Å². The largest absolute Gasteiger partial charge is 0.452 e. The lowest BCUT2D eigenvalue weighted by molar-refractivity contribution is -0.154. The summed E-state index contributed by atoms with van der Waals surface area (Å²) in [7, 11) is 2.86. The SMILES string of the molecule is CC(OC(=O)CCn1cnc2c1c(=O)n(C)c(=O)n2C)C(=O)NC(=O)NC1CCCCC1. The van der Waals surface area contributed by atoms with Crippen molar-refractivity contribution < 1.29 is 19.1 Å². The van der Waals surface area contributed by atoms with E-state index in [9.17, 15) is 24.0 Å². The number of rotatable bonds is 6. The van der Waals surface area contributed by atoms with Crippen molar-refractivity contribution in [1.29, 1.82) is 0 Å². The van der Waals surface area contributed by atoms with Crippen LogP contribution in [-0.2, 0) is 35.0 Å². The molecule has 2 aromatic rings. The molecule has 12 nitrogen and oxygen atoms in total. The molecule has 0 spiro atoms. The van der Waals surface area contributed by atoms with Gasteiger partial charge in [-0.15, -0.1) is 0 Å². The molecule has 2 heterocycles. The van der Waals surface area contributed by atoms with Gasteiger partial charge in [0.15, 0.2) is 17.3 Å². The Balaban J connectivity index is 1.53. The fourth-order valence-electron chi connectivity index (χ4n) is 3.77. The van der Waals surface area contributed by atoms with Gasteiger partial charge in [0.2, 0.25) is 0 Å². The first-order valence-corrected chi connectivity index (χ1v) is 10.6. The minimum atomic E-state index is -1.16. The molecule has 1 aliphatic rings. The number of imide groups is 1. The number of amides is 3. The van der Waals surface area contributed by atoms with Gasteiger partial charge in [-0.05, 0) is 19.8 Å². The number of esters is 1. The predicted octanol–water partition coefficient (Wildman–Crippen LogP) is -0.0860. The van der Waals surface area contributed by atoms with Gasteiger partial charge in [-0.1, -0.05) is 19.3 Å². The number of aromatic nitrogens is 4. The van der Waals surface area contributed by atoms with Gasteiger partial charge in [-0.2, -0.15) is 0 Å². The lowest BCUT2D eigenvalue weighted by Gasteiger charge is -2.23. The van der Waals surface area contributed by atoms with E-state index in [1.54, 1.807) is 0 Å². The molecular formula is C20H28N6O6. The van der Waals surface area contributed by atoms with Crippen LogP contribution in [0.3, 0.4) is 0 Å². The second kappa shape index (κ2) is 9.79. The van der Waals surface area contributed by atoms with E-state index in [4.69, 9.17) is 4.74 Å². The van der Waals surface area contributed by atoms with Crippen LogP contribution in [0.25, 0.3) is 11.2 Å². The molecule has 0 aromatic carbocycles. The molecule has 0 saturated heterocycles. The molecular weight excluding hydrogens is 420 g/mol. The summed E-state index contributed by atoms with van der Waals surface area (Å²) in [5, 5.41) is 4.95. The normalized spacial score (nSPS) is 15.3. The van der Waals surface area contributed by atoms with E-state index in [2.05, 4.69) is 15.6 Å². The minimum Gasteiger partial charge on any atom is -0.452 e. The van der Waals surface area contributed by atoms with E-state index in [0.717, 1.165) is 36.7 Å². The molecule has 3 rings (SSSR count). The molecule has 32 heavy (non-hydrogen) atoms. The maximum Gasteiger partial charge on any atom is 0.332 e. The maximum atomic E-state index is 12.4. The molecule has 0 aliphatic heterocycles. The fourth-order valence-corrected chi connectivity index (χ4v) is 3.77. The molecule has 174 valence electrons. The highest BCUT2D eigenvalue weighted by Gasteiger charge is 2.22. The third kappa shape index (κ3) is 5.06. The number of nitrogens with zero attached hydrogens (tertiary/aromatic N) is 4. The highest BCUT2D eigenvalue weighted by atomic mass is 16.5. The van der Waals surface area contributed by atoms with Gasteiger partial charge in [0.05, 0.1) is 12.7 Å². The summed E-state index contributed by atoms with van der Waals surface area (Å²) in [6.45, 7) is 1.44. The first kappa shape index (κ1) is 23.2. The number of ether oxygens (including phenoxy) is 1. The first-order valence-electron chi connectivity index (χ1n) is 10.6. The van der Waals surface area contributed by atoms with Crippen molar-refractivity contribution in [2.24, 2.45) is 14.1 Å². The average Bonchev–Trinajstić information content (AvgIpc) is 3.19. The van der Waals surface area contributed by atoms with Crippen molar-refractivity contribution >= 4 is 29.1 Å². The maximum absolute atomic E-state index is 12.4. The lowest BCUT2D eigenvalue weighted by Crippen LogP contribution is -2.48. The van der Waals surface area contributed by atoms with Gasteiger partial charge in [0.1, 0.15) is 0 Å². The number of hydrogen-bond acceptors (Lipinski definition) is 7. The summed E-state index contributed by atoms with van der Waals surface area (Å²) in [5.74, 6) is -1.40. The predicted molar refractivity (Wildman–Crippen MR) is 114 cm³/mol. The number of aryl methyl sites for hydroxylation is 2. The van der Waals surface area contributed by atoms with Crippen LogP contribution in [0.4, 0.5) is 4.79 Å².